The van der Waals surface area contributed by atoms with Crippen molar-refractivity contribution in [2.24, 2.45) is 0 Å². The highest BCUT2D eigenvalue weighted by Gasteiger charge is 2.18. The fourth-order valence-corrected chi connectivity index (χ4v) is 2.50. The van der Waals surface area contributed by atoms with Gasteiger partial charge < -0.3 is 0 Å². The maximum atomic E-state index is 4.34. The minimum atomic E-state index is 0.862. The van der Waals surface area contributed by atoms with Gasteiger partial charge in [0, 0.05) is 22.3 Å². The Bertz CT molecular complexity index is 878. The molecular weight excluding hydrogens is 246 g/mol. The molecular formula is C17H11N3. The number of aromatic amines is 1. The van der Waals surface area contributed by atoms with Crippen LogP contribution in [0.15, 0.2) is 42.5 Å². The lowest BCUT2D eigenvalue weighted by Gasteiger charge is -2.09. The van der Waals surface area contributed by atoms with Gasteiger partial charge in [0.15, 0.2) is 0 Å². The Labute approximate surface area is 116 Å². The molecule has 1 aliphatic rings. The maximum absolute atomic E-state index is 4.34. The Morgan fingerprint density at radius 1 is 0.850 bits per heavy atom. The third-order valence-corrected chi connectivity index (χ3v) is 3.49. The van der Waals surface area contributed by atoms with Gasteiger partial charge in [-0.05, 0) is 25.1 Å². The predicted molar refractivity (Wildman–Crippen MR) is 78.0 cm³/mol. The van der Waals surface area contributed by atoms with Crippen LogP contribution in [0.4, 0.5) is 0 Å². The van der Waals surface area contributed by atoms with Crippen LogP contribution in [0.5, 0.6) is 0 Å². The van der Waals surface area contributed by atoms with Gasteiger partial charge in [-0.1, -0.05) is 41.7 Å². The van der Waals surface area contributed by atoms with E-state index < -0.39 is 0 Å². The van der Waals surface area contributed by atoms with Crippen molar-refractivity contribution in [2.75, 3.05) is 0 Å². The first kappa shape index (κ1) is 11.0. The molecule has 0 saturated heterocycles. The van der Waals surface area contributed by atoms with E-state index >= 15 is 0 Å². The van der Waals surface area contributed by atoms with E-state index in [-0.39, 0.29) is 0 Å². The minimum absolute atomic E-state index is 0.862. The molecule has 0 atom stereocenters. The average molecular weight is 257 g/mol. The van der Waals surface area contributed by atoms with Crippen LogP contribution >= 0.6 is 0 Å². The van der Waals surface area contributed by atoms with Crippen LogP contribution < -0.4 is 0 Å². The highest BCUT2D eigenvalue weighted by molar-refractivity contribution is 5.85. The smallest absolute Gasteiger partial charge is 0.122 e. The Morgan fingerprint density at radius 2 is 1.55 bits per heavy atom. The Balaban J connectivity index is 2.13. The molecule has 1 aliphatic carbocycles. The van der Waals surface area contributed by atoms with Gasteiger partial charge in [-0.2, -0.15) is 15.4 Å². The van der Waals surface area contributed by atoms with Crippen molar-refractivity contribution in [3.8, 4) is 34.4 Å². The van der Waals surface area contributed by atoms with E-state index in [9.17, 15) is 0 Å². The summed E-state index contributed by atoms with van der Waals surface area (Å²) in [5, 5.41) is 11.4. The van der Waals surface area contributed by atoms with Crippen molar-refractivity contribution in [3.63, 3.8) is 0 Å². The zero-order chi connectivity index (χ0) is 13.5. The third-order valence-electron chi connectivity index (χ3n) is 3.49. The summed E-state index contributed by atoms with van der Waals surface area (Å²) in [6.07, 6.45) is 0. The van der Waals surface area contributed by atoms with Gasteiger partial charge in [0.2, 0.25) is 0 Å². The minimum Gasteiger partial charge on any atom is -0.197 e. The number of aryl methyl sites for hydroxylation is 1. The lowest BCUT2D eigenvalue weighted by atomic mass is 9.94. The molecule has 1 aromatic heterocycles. The van der Waals surface area contributed by atoms with Gasteiger partial charge in [-0.15, -0.1) is 0 Å². The summed E-state index contributed by atoms with van der Waals surface area (Å²) in [6.45, 7) is 2.07. The molecule has 3 aromatic rings. The second-order valence-corrected chi connectivity index (χ2v) is 4.87. The van der Waals surface area contributed by atoms with Crippen molar-refractivity contribution in [3.05, 3.63) is 59.2 Å². The number of H-pyrrole nitrogens is 1. The van der Waals surface area contributed by atoms with Gasteiger partial charge in [0.05, 0.1) is 0 Å². The largest absolute Gasteiger partial charge is 0.197 e. The molecule has 1 N–H and O–H groups in total. The van der Waals surface area contributed by atoms with Crippen LogP contribution in [0.1, 0.15) is 16.7 Å². The molecule has 1 heterocycles. The van der Waals surface area contributed by atoms with E-state index in [1.807, 2.05) is 30.3 Å². The van der Waals surface area contributed by atoms with Gasteiger partial charge in [0.25, 0.3) is 0 Å². The van der Waals surface area contributed by atoms with Crippen molar-refractivity contribution in [2.45, 2.75) is 6.92 Å². The molecule has 0 amide bonds. The van der Waals surface area contributed by atoms with Gasteiger partial charge in [0.1, 0.15) is 11.4 Å². The van der Waals surface area contributed by atoms with E-state index in [1.54, 1.807) is 0 Å². The lowest BCUT2D eigenvalue weighted by molar-refractivity contribution is 0.944. The number of aromatic nitrogens is 3. The molecule has 0 aliphatic heterocycles. The van der Waals surface area contributed by atoms with Crippen LogP contribution in [0.2, 0.25) is 0 Å². The quantitative estimate of drug-likeness (QED) is 0.492. The van der Waals surface area contributed by atoms with Crippen LogP contribution in [-0.4, -0.2) is 15.4 Å². The Morgan fingerprint density at radius 3 is 2.40 bits per heavy atom. The summed E-state index contributed by atoms with van der Waals surface area (Å²) in [5.74, 6) is 6.49. The number of nitrogens with one attached hydrogen (secondary N) is 1. The Kier molecular flexibility index (Phi) is 2.24. The zero-order valence-corrected chi connectivity index (χ0v) is 10.9. The molecule has 3 nitrogen and oxygen atoms in total. The summed E-state index contributed by atoms with van der Waals surface area (Å²) in [4.78, 5) is 0. The first-order chi connectivity index (χ1) is 9.83. The van der Waals surface area contributed by atoms with Gasteiger partial charge >= 0.3 is 0 Å². The molecule has 0 radical (unpaired) electrons. The third kappa shape index (κ3) is 1.55. The summed E-state index contributed by atoms with van der Waals surface area (Å²) < 4.78 is 0. The molecule has 0 fully saturated rings. The lowest BCUT2D eigenvalue weighted by Crippen LogP contribution is -1.94. The number of hydrogen-bond acceptors (Lipinski definition) is 2. The van der Waals surface area contributed by atoms with Crippen LogP contribution in [0, 0.1) is 18.8 Å². The summed E-state index contributed by atoms with van der Waals surface area (Å²) in [6, 6.07) is 14.3. The van der Waals surface area contributed by atoms with Gasteiger partial charge in [-0.25, -0.2) is 0 Å². The standard InChI is InChI=1S/C17H11N3/c1-11-6-7-13-9-8-12-4-2-3-5-14(12)16-17(15(13)10-11)19-20-18-16/h2-7,10H,1H3,(H,18,19,20). The molecule has 0 unspecified atom stereocenters. The molecule has 0 bridgehead atoms. The van der Waals surface area contributed by atoms with E-state index in [2.05, 4.69) is 46.3 Å². The highest BCUT2D eigenvalue weighted by Crippen LogP contribution is 2.33. The van der Waals surface area contributed by atoms with E-state index in [0.717, 1.165) is 33.6 Å². The summed E-state index contributed by atoms with van der Waals surface area (Å²) in [7, 11) is 0. The fraction of sp³-hybridized carbons (Fsp3) is 0.0588. The highest BCUT2D eigenvalue weighted by atomic mass is 15.3. The summed E-state index contributed by atoms with van der Waals surface area (Å²) in [5.41, 5.74) is 6.95. The number of fused-ring (bicyclic) bond motifs is 5. The number of benzene rings is 2. The molecule has 0 spiro atoms. The number of nitrogens with zero attached hydrogens (tertiary/aromatic N) is 2. The molecule has 3 heteroatoms. The summed E-state index contributed by atoms with van der Waals surface area (Å²) >= 11 is 0. The molecule has 94 valence electrons. The molecule has 0 saturated carbocycles. The molecule has 2 aromatic carbocycles. The van der Waals surface area contributed by atoms with Crippen molar-refractivity contribution in [1.82, 2.24) is 15.4 Å². The first-order valence-corrected chi connectivity index (χ1v) is 6.46. The fourth-order valence-electron chi connectivity index (χ4n) is 2.50. The van der Waals surface area contributed by atoms with Crippen molar-refractivity contribution < 1.29 is 0 Å². The number of hydrogen-bond donors (Lipinski definition) is 1. The SMILES string of the molecule is Cc1ccc2c(c1)-c1n[nH]nc1-c1ccccc1C#C2. The van der Waals surface area contributed by atoms with Crippen LogP contribution in [-0.2, 0) is 0 Å². The molecule has 4 rings (SSSR count). The maximum Gasteiger partial charge on any atom is 0.122 e. The average Bonchev–Trinajstić information content (AvgIpc) is 2.93. The van der Waals surface area contributed by atoms with E-state index in [1.165, 1.54) is 5.56 Å². The monoisotopic (exact) mass is 257 g/mol. The van der Waals surface area contributed by atoms with E-state index in [4.69, 9.17) is 0 Å². The topological polar surface area (TPSA) is 41.6 Å². The normalized spacial score (nSPS) is 11.2. The second kappa shape index (κ2) is 4.07. The van der Waals surface area contributed by atoms with Crippen LogP contribution in [0.3, 0.4) is 0 Å². The predicted octanol–water partition coefficient (Wildman–Crippen LogP) is 3.16. The van der Waals surface area contributed by atoms with Crippen molar-refractivity contribution >= 4 is 0 Å². The van der Waals surface area contributed by atoms with E-state index in [0.29, 0.717) is 0 Å². The second-order valence-electron chi connectivity index (χ2n) is 4.87. The molecule has 20 heavy (non-hydrogen) atoms. The van der Waals surface area contributed by atoms with Crippen LogP contribution in [0.25, 0.3) is 22.5 Å². The van der Waals surface area contributed by atoms with Gasteiger partial charge in [-0.3, -0.25) is 0 Å². The van der Waals surface area contributed by atoms with Crippen molar-refractivity contribution in [1.29, 1.82) is 0 Å². The number of rotatable bonds is 0. The first-order valence-electron chi connectivity index (χ1n) is 6.46. The Hall–Kier alpha value is -2.86. The zero-order valence-electron chi connectivity index (χ0n) is 10.9.